The van der Waals surface area contributed by atoms with Gasteiger partial charge in [0.05, 0.1) is 6.61 Å². The summed E-state index contributed by atoms with van der Waals surface area (Å²) < 4.78 is 9.99. The van der Waals surface area contributed by atoms with Crippen molar-refractivity contribution in [3.63, 3.8) is 0 Å². The maximum Gasteiger partial charge on any atom is 0.135 e. The Kier molecular flexibility index (Phi) is 4.06. The Balaban J connectivity index is 1.93. The summed E-state index contributed by atoms with van der Waals surface area (Å²) in [7, 11) is 2.07. The number of rotatable bonds is 6. The summed E-state index contributed by atoms with van der Waals surface area (Å²) in [5.74, 6) is 0. The van der Waals surface area contributed by atoms with Gasteiger partial charge in [-0.2, -0.15) is 0 Å². The van der Waals surface area contributed by atoms with E-state index in [4.69, 9.17) is 4.74 Å². The van der Waals surface area contributed by atoms with E-state index in [1.165, 1.54) is 5.56 Å². The van der Waals surface area contributed by atoms with Crippen LogP contribution >= 0.6 is 0 Å². The van der Waals surface area contributed by atoms with Crippen LogP contribution in [0.1, 0.15) is 12.5 Å². The molecule has 0 saturated heterocycles. The highest BCUT2D eigenvalue weighted by Gasteiger charge is 2.04. The molecule has 0 N–H and O–H groups in total. The minimum absolute atomic E-state index is 0.765. The zero-order chi connectivity index (χ0) is 12.1. The second kappa shape index (κ2) is 5.75. The van der Waals surface area contributed by atoms with Crippen molar-refractivity contribution in [1.82, 2.24) is 15.2 Å². The molecule has 0 spiro atoms. The van der Waals surface area contributed by atoms with Crippen molar-refractivity contribution in [1.29, 1.82) is 0 Å². The Labute approximate surface area is 100 Å². The van der Waals surface area contributed by atoms with E-state index in [1.54, 1.807) is 0 Å². The lowest BCUT2D eigenvalue weighted by Crippen LogP contribution is -2.22. The van der Waals surface area contributed by atoms with E-state index < -0.39 is 0 Å². The third-order valence-electron chi connectivity index (χ3n) is 2.59. The second-order valence-corrected chi connectivity index (χ2v) is 4.02. The fourth-order valence-corrected chi connectivity index (χ4v) is 1.68. The largest absolute Gasteiger partial charge is 0.380 e. The van der Waals surface area contributed by atoms with Crippen LogP contribution in [0.3, 0.4) is 0 Å². The zero-order valence-electron chi connectivity index (χ0n) is 10.2. The van der Waals surface area contributed by atoms with E-state index in [0.29, 0.717) is 0 Å². The number of benzene rings is 1. The minimum Gasteiger partial charge on any atom is -0.380 e. The lowest BCUT2D eigenvalue weighted by atomic mass is 10.2. The molecule has 0 saturated carbocycles. The lowest BCUT2D eigenvalue weighted by molar-refractivity contribution is 0.120. The van der Waals surface area contributed by atoms with Crippen LogP contribution in [-0.2, 0) is 11.3 Å². The van der Waals surface area contributed by atoms with E-state index in [0.717, 1.165) is 37.3 Å². The first-order valence-corrected chi connectivity index (χ1v) is 5.77. The standard InChI is InChI=1S/C12H17N3O2/c1-3-16-7-6-15(2)9-10-4-5-11-12(8-10)14-17-13-11/h4-5,8H,3,6-7,9H2,1-2H3. The molecule has 92 valence electrons. The number of likely N-dealkylation sites (N-methyl/N-ethyl adjacent to an activating group) is 1. The molecular formula is C12H17N3O2. The van der Waals surface area contributed by atoms with Gasteiger partial charge in [-0.05, 0) is 42.0 Å². The van der Waals surface area contributed by atoms with Crippen molar-refractivity contribution >= 4 is 11.0 Å². The number of hydrogen-bond acceptors (Lipinski definition) is 5. The molecule has 1 aromatic heterocycles. The van der Waals surface area contributed by atoms with Crippen LogP contribution in [0.25, 0.3) is 11.0 Å². The normalized spacial score (nSPS) is 11.5. The Morgan fingerprint density at radius 1 is 1.29 bits per heavy atom. The summed E-state index contributed by atoms with van der Waals surface area (Å²) in [4.78, 5) is 2.21. The molecule has 1 aromatic carbocycles. The molecule has 0 aliphatic heterocycles. The molecule has 0 radical (unpaired) electrons. The van der Waals surface area contributed by atoms with Gasteiger partial charge >= 0.3 is 0 Å². The van der Waals surface area contributed by atoms with Crippen molar-refractivity contribution in [2.24, 2.45) is 0 Å². The van der Waals surface area contributed by atoms with Gasteiger partial charge in [0, 0.05) is 19.7 Å². The zero-order valence-corrected chi connectivity index (χ0v) is 10.2. The number of fused-ring (bicyclic) bond motifs is 1. The summed E-state index contributed by atoms with van der Waals surface area (Å²) in [5, 5.41) is 7.61. The SMILES string of the molecule is CCOCCN(C)Cc1ccc2nonc2c1. The predicted octanol–water partition coefficient (Wildman–Crippen LogP) is 1.69. The average Bonchev–Trinajstić information content (AvgIpc) is 2.76. The first kappa shape index (κ1) is 12.0. The van der Waals surface area contributed by atoms with Gasteiger partial charge in [-0.25, -0.2) is 4.63 Å². The maximum atomic E-state index is 5.32. The van der Waals surface area contributed by atoms with Crippen LogP contribution in [0, 0.1) is 0 Å². The molecule has 2 aromatic rings. The monoisotopic (exact) mass is 235 g/mol. The molecular weight excluding hydrogens is 218 g/mol. The van der Waals surface area contributed by atoms with Crippen LogP contribution in [0.2, 0.25) is 0 Å². The quantitative estimate of drug-likeness (QED) is 0.713. The molecule has 0 fully saturated rings. The third-order valence-corrected chi connectivity index (χ3v) is 2.59. The third kappa shape index (κ3) is 3.25. The molecule has 0 bridgehead atoms. The average molecular weight is 235 g/mol. The predicted molar refractivity (Wildman–Crippen MR) is 64.6 cm³/mol. The minimum atomic E-state index is 0.765. The van der Waals surface area contributed by atoms with Crippen LogP contribution in [0.5, 0.6) is 0 Å². The molecule has 0 aliphatic carbocycles. The number of hydrogen-bond donors (Lipinski definition) is 0. The van der Waals surface area contributed by atoms with Gasteiger partial charge in [-0.15, -0.1) is 0 Å². The van der Waals surface area contributed by atoms with Crippen molar-refractivity contribution in [3.05, 3.63) is 23.8 Å². The Morgan fingerprint density at radius 3 is 2.94 bits per heavy atom. The van der Waals surface area contributed by atoms with Gasteiger partial charge < -0.3 is 4.74 Å². The van der Waals surface area contributed by atoms with E-state index in [9.17, 15) is 0 Å². The van der Waals surface area contributed by atoms with E-state index in [-0.39, 0.29) is 0 Å². The van der Waals surface area contributed by atoms with Crippen LogP contribution in [0.4, 0.5) is 0 Å². The molecule has 0 atom stereocenters. The number of aromatic nitrogens is 2. The van der Waals surface area contributed by atoms with E-state index in [2.05, 4.69) is 26.9 Å². The van der Waals surface area contributed by atoms with Gasteiger partial charge in [-0.1, -0.05) is 6.07 Å². The van der Waals surface area contributed by atoms with Crippen molar-refractivity contribution < 1.29 is 9.37 Å². The lowest BCUT2D eigenvalue weighted by Gasteiger charge is -2.16. The smallest absolute Gasteiger partial charge is 0.135 e. The first-order chi connectivity index (χ1) is 8.29. The highest BCUT2D eigenvalue weighted by atomic mass is 16.6. The van der Waals surface area contributed by atoms with Crippen LogP contribution < -0.4 is 0 Å². The van der Waals surface area contributed by atoms with Gasteiger partial charge in [0.2, 0.25) is 0 Å². The number of nitrogens with zero attached hydrogens (tertiary/aromatic N) is 3. The number of ether oxygens (including phenoxy) is 1. The molecule has 0 aliphatic rings. The van der Waals surface area contributed by atoms with Crippen molar-refractivity contribution in [3.8, 4) is 0 Å². The summed E-state index contributed by atoms with van der Waals surface area (Å²) in [6.45, 7) is 5.33. The molecule has 0 unspecified atom stereocenters. The van der Waals surface area contributed by atoms with Crippen LogP contribution in [0.15, 0.2) is 22.8 Å². The van der Waals surface area contributed by atoms with Gasteiger partial charge in [0.15, 0.2) is 0 Å². The second-order valence-electron chi connectivity index (χ2n) is 4.02. The molecule has 0 amide bonds. The summed E-state index contributed by atoms with van der Waals surface area (Å²) in [6.07, 6.45) is 0. The topological polar surface area (TPSA) is 51.4 Å². The van der Waals surface area contributed by atoms with Crippen LogP contribution in [-0.4, -0.2) is 42.0 Å². The molecule has 5 heteroatoms. The highest BCUT2D eigenvalue weighted by molar-refractivity contribution is 5.73. The molecule has 2 rings (SSSR count). The van der Waals surface area contributed by atoms with Gasteiger partial charge in [0.1, 0.15) is 11.0 Å². The van der Waals surface area contributed by atoms with Crippen molar-refractivity contribution in [2.45, 2.75) is 13.5 Å². The van der Waals surface area contributed by atoms with Crippen molar-refractivity contribution in [2.75, 3.05) is 26.8 Å². The van der Waals surface area contributed by atoms with E-state index in [1.807, 2.05) is 25.1 Å². The summed E-state index contributed by atoms with van der Waals surface area (Å²) in [6, 6.07) is 5.98. The Hall–Kier alpha value is -1.46. The Morgan fingerprint density at radius 2 is 2.12 bits per heavy atom. The first-order valence-electron chi connectivity index (χ1n) is 5.77. The summed E-state index contributed by atoms with van der Waals surface area (Å²) >= 11 is 0. The fourth-order valence-electron chi connectivity index (χ4n) is 1.68. The highest BCUT2D eigenvalue weighted by Crippen LogP contribution is 2.12. The maximum absolute atomic E-state index is 5.32. The summed E-state index contributed by atoms with van der Waals surface area (Å²) in [5.41, 5.74) is 2.80. The molecule has 1 heterocycles. The Bertz CT molecular complexity index is 469. The van der Waals surface area contributed by atoms with Gasteiger partial charge in [0.25, 0.3) is 0 Å². The molecule has 17 heavy (non-hydrogen) atoms. The van der Waals surface area contributed by atoms with E-state index >= 15 is 0 Å². The van der Waals surface area contributed by atoms with Gasteiger partial charge in [-0.3, -0.25) is 4.90 Å². The fraction of sp³-hybridized carbons (Fsp3) is 0.500. The molecule has 5 nitrogen and oxygen atoms in total.